The Labute approximate surface area is 134 Å². The van der Waals surface area contributed by atoms with E-state index in [2.05, 4.69) is 13.8 Å². The Bertz CT molecular complexity index is 485. The van der Waals surface area contributed by atoms with E-state index in [1.165, 1.54) is 18.2 Å². The van der Waals surface area contributed by atoms with Crippen molar-refractivity contribution in [2.75, 3.05) is 5.75 Å². The Morgan fingerprint density at radius 3 is 2.60 bits per heavy atom. The van der Waals surface area contributed by atoms with Gasteiger partial charge in [0, 0.05) is 22.0 Å². The number of piperidine rings is 1. The van der Waals surface area contributed by atoms with Gasteiger partial charge in [0.05, 0.1) is 10.8 Å². The van der Waals surface area contributed by atoms with E-state index in [4.69, 9.17) is 23.2 Å². The molecule has 1 aliphatic heterocycles. The molecular weight excluding hydrogens is 313 g/mol. The number of thioether (sulfide) groups is 1. The van der Waals surface area contributed by atoms with Crippen molar-refractivity contribution in [3.8, 4) is 0 Å². The standard InChI is InChI=1S/C15H19Cl2NOS/c1-10-4-3-5-11(2)18(10)15(19)9-20-14-8-12(16)6-7-13(14)17/h6-8,10-11H,3-5,9H2,1-2H3/t10-,11-/m0/s1. The highest BCUT2D eigenvalue weighted by Crippen LogP contribution is 2.31. The van der Waals surface area contributed by atoms with E-state index in [1.807, 2.05) is 11.0 Å². The molecule has 2 rings (SSSR count). The largest absolute Gasteiger partial charge is 0.337 e. The fraction of sp³-hybridized carbons (Fsp3) is 0.533. The second-order valence-electron chi connectivity index (χ2n) is 5.29. The highest BCUT2D eigenvalue weighted by Gasteiger charge is 2.28. The summed E-state index contributed by atoms with van der Waals surface area (Å²) in [7, 11) is 0. The Hall–Kier alpha value is -0.380. The molecule has 0 radical (unpaired) electrons. The lowest BCUT2D eigenvalue weighted by Gasteiger charge is -2.39. The predicted molar refractivity (Wildman–Crippen MR) is 86.8 cm³/mol. The number of hydrogen-bond acceptors (Lipinski definition) is 2. The van der Waals surface area contributed by atoms with E-state index in [0.717, 1.165) is 17.7 Å². The van der Waals surface area contributed by atoms with Gasteiger partial charge in [-0.25, -0.2) is 0 Å². The Morgan fingerprint density at radius 1 is 1.30 bits per heavy atom. The molecule has 1 aromatic rings. The van der Waals surface area contributed by atoms with Crippen molar-refractivity contribution < 1.29 is 4.79 Å². The number of likely N-dealkylation sites (tertiary alicyclic amines) is 1. The molecule has 2 atom stereocenters. The molecule has 2 nitrogen and oxygen atoms in total. The molecular formula is C15H19Cl2NOS. The van der Waals surface area contributed by atoms with Gasteiger partial charge in [-0.2, -0.15) is 0 Å². The van der Waals surface area contributed by atoms with Crippen LogP contribution in [0.3, 0.4) is 0 Å². The molecule has 0 unspecified atom stereocenters. The molecule has 5 heteroatoms. The Morgan fingerprint density at radius 2 is 1.95 bits per heavy atom. The van der Waals surface area contributed by atoms with E-state index in [0.29, 0.717) is 27.9 Å². The van der Waals surface area contributed by atoms with Crippen molar-refractivity contribution in [1.29, 1.82) is 0 Å². The zero-order chi connectivity index (χ0) is 14.7. The smallest absolute Gasteiger partial charge is 0.233 e. The van der Waals surface area contributed by atoms with E-state index < -0.39 is 0 Å². The summed E-state index contributed by atoms with van der Waals surface area (Å²) >= 11 is 13.5. The van der Waals surface area contributed by atoms with Gasteiger partial charge in [0.2, 0.25) is 5.91 Å². The maximum absolute atomic E-state index is 12.4. The molecule has 0 spiro atoms. The van der Waals surface area contributed by atoms with E-state index in [1.54, 1.807) is 12.1 Å². The maximum Gasteiger partial charge on any atom is 0.233 e. The van der Waals surface area contributed by atoms with Crippen LogP contribution in [-0.2, 0) is 4.79 Å². The first kappa shape index (κ1) is 16.0. The topological polar surface area (TPSA) is 20.3 Å². The van der Waals surface area contributed by atoms with Crippen LogP contribution >= 0.6 is 35.0 Å². The minimum atomic E-state index is 0.186. The average molecular weight is 332 g/mol. The fourth-order valence-corrected chi connectivity index (χ4v) is 4.08. The molecule has 0 saturated carbocycles. The minimum Gasteiger partial charge on any atom is -0.337 e. The molecule has 0 N–H and O–H groups in total. The van der Waals surface area contributed by atoms with Gasteiger partial charge in [0.15, 0.2) is 0 Å². The quantitative estimate of drug-likeness (QED) is 0.736. The van der Waals surface area contributed by atoms with Crippen LogP contribution < -0.4 is 0 Å². The molecule has 1 aromatic carbocycles. The van der Waals surface area contributed by atoms with Gasteiger partial charge in [-0.15, -0.1) is 11.8 Å². The van der Waals surface area contributed by atoms with Crippen molar-refractivity contribution in [3.05, 3.63) is 28.2 Å². The SMILES string of the molecule is C[C@H]1CCC[C@H](C)N1C(=O)CSc1cc(Cl)ccc1Cl. The Balaban J connectivity index is 1.99. The average Bonchev–Trinajstić information content (AvgIpc) is 2.39. The highest BCUT2D eigenvalue weighted by atomic mass is 35.5. The molecule has 1 saturated heterocycles. The van der Waals surface area contributed by atoms with Crippen LogP contribution in [0.5, 0.6) is 0 Å². The first-order valence-electron chi connectivity index (χ1n) is 6.88. The molecule has 110 valence electrons. The summed E-state index contributed by atoms with van der Waals surface area (Å²) in [6.07, 6.45) is 3.40. The molecule has 0 bridgehead atoms. The molecule has 0 aromatic heterocycles. The molecule has 1 fully saturated rings. The van der Waals surface area contributed by atoms with Gasteiger partial charge in [0.25, 0.3) is 0 Å². The van der Waals surface area contributed by atoms with Crippen molar-refractivity contribution >= 4 is 40.9 Å². The summed E-state index contributed by atoms with van der Waals surface area (Å²) in [6.45, 7) is 4.26. The number of amides is 1. The normalized spacial score (nSPS) is 22.9. The van der Waals surface area contributed by atoms with Crippen LogP contribution in [0, 0.1) is 0 Å². The zero-order valence-corrected chi connectivity index (χ0v) is 14.1. The Kier molecular flexibility index (Phi) is 5.65. The predicted octanol–water partition coefficient (Wildman–Crippen LogP) is 4.88. The number of carbonyl (C=O) groups is 1. The number of carbonyl (C=O) groups excluding carboxylic acids is 1. The lowest BCUT2D eigenvalue weighted by Crippen LogP contribution is -2.48. The van der Waals surface area contributed by atoms with E-state index >= 15 is 0 Å². The van der Waals surface area contributed by atoms with Gasteiger partial charge < -0.3 is 4.90 Å². The van der Waals surface area contributed by atoms with Crippen molar-refractivity contribution in [1.82, 2.24) is 4.90 Å². The third-order valence-corrected chi connectivity index (χ3v) is 5.44. The number of hydrogen-bond donors (Lipinski definition) is 0. The summed E-state index contributed by atoms with van der Waals surface area (Å²) in [5, 5.41) is 1.29. The first-order valence-corrected chi connectivity index (χ1v) is 8.62. The second-order valence-corrected chi connectivity index (χ2v) is 7.15. The minimum absolute atomic E-state index is 0.186. The molecule has 20 heavy (non-hydrogen) atoms. The first-order chi connectivity index (χ1) is 9.49. The molecule has 1 amide bonds. The van der Waals surface area contributed by atoms with Crippen LogP contribution in [0.1, 0.15) is 33.1 Å². The van der Waals surface area contributed by atoms with Gasteiger partial charge in [-0.1, -0.05) is 23.2 Å². The summed E-state index contributed by atoms with van der Waals surface area (Å²) in [5.74, 6) is 0.597. The van der Waals surface area contributed by atoms with Crippen LogP contribution in [0.2, 0.25) is 10.0 Å². The van der Waals surface area contributed by atoms with Crippen LogP contribution in [0.15, 0.2) is 23.1 Å². The third kappa shape index (κ3) is 3.84. The highest BCUT2D eigenvalue weighted by molar-refractivity contribution is 8.00. The lowest BCUT2D eigenvalue weighted by molar-refractivity contribution is -0.134. The van der Waals surface area contributed by atoms with Crippen LogP contribution in [0.4, 0.5) is 0 Å². The monoisotopic (exact) mass is 331 g/mol. The van der Waals surface area contributed by atoms with Gasteiger partial charge in [-0.05, 0) is 51.3 Å². The number of nitrogens with zero attached hydrogens (tertiary/aromatic N) is 1. The van der Waals surface area contributed by atoms with Crippen molar-refractivity contribution in [3.63, 3.8) is 0 Å². The van der Waals surface area contributed by atoms with Crippen molar-refractivity contribution in [2.45, 2.75) is 50.1 Å². The summed E-state index contributed by atoms with van der Waals surface area (Å²) < 4.78 is 0. The van der Waals surface area contributed by atoms with Crippen molar-refractivity contribution in [2.24, 2.45) is 0 Å². The zero-order valence-electron chi connectivity index (χ0n) is 11.7. The maximum atomic E-state index is 12.4. The fourth-order valence-electron chi connectivity index (χ4n) is 2.71. The van der Waals surface area contributed by atoms with Gasteiger partial charge >= 0.3 is 0 Å². The summed E-state index contributed by atoms with van der Waals surface area (Å²) in [4.78, 5) is 15.3. The summed E-state index contributed by atoms with van der Waals surface area (Å²) in [6, 6.07) is 6.00. The lowest BCUT2D eigenvalue weighted by atomic mass is 9.98. The van der Waals surface area contributed by atoms with Crippen LogP contribution in [0.25, 0.3) is 0 Å². The van der Waals surface area contributed by atoms with Gasteiger partial charge in [0.1, 0.15) is 0 Å². The van der Waals surface area contributed by atoms with Crippen LogP contribution in [-0.4, -0.2) is 28.6 Å². The second kappa shape index (κ2) is 7.06. The number of rotatable bonds is 3. The number of benzene rings is 1. The molecule has 0 aliphatic carbocycles. The van der Waals surface area contributed by atoms with Gasteiger partial charge in [-0.3, -0.25) is 4.79 Å². The molecule has 1 heterocycles. The third-order valence-electron chi connectivity index (χ3n) is 3.73. The summed E-state index contributed by atoms with van der Waals surface area (Å²) in [5.41, 5.74) is 0. The van der Waals surface area contributed by atoms with E-state index in [9.17, 15) is 4.79 Å². The number of halogens is 2. The molecule has 1 aliphatic rings. The van der Waals surface area contributed by atoms with E-state index in [-0.39, 0.29) is 5.91 Å².